The van der Waals surface area contributed by atoms with Gasteiger partial charge in [0.2, 0.25) is 11.8 Å². The summed E-state index contributed by atoms with van der Waals surface area (Å²) in [6.45, 7) is 0. The Morgan fingerprint density at radius 2 is 1.50 bits per heavy atom. The molecular formula is C47H35Br2Cl2N3O8. The minimum absolute atomic E-state index is 0.0258. The molecule has 0 spiro atoms. The first kappa shape index (κ1) is 41.9. The minimum Gasteiger partial charge on any atom is -0.503 e. The van der Waals surface area contributed by atoms with Crippen molar-refractivity contribution >= 4 is 95.8 Å². The second-order valence-electron chi connectivity index (χ2n) is 15.6. The molecular weight excluding hydrogens is 965 g/mol. The number of nitrogens with one attached hydrogen (secondary N) is 1. The van der Waals surface area contributed by atoms with Crippen molar-refractivity contribution in [2.45, 2.75) is 24.2 Å². The van der Waals surface area contributed by atoms with Gasteiger partial charge in [0.05, 0.1) is 58.3 Å². The number of ketones is 1. The second kappa shape index (κ2) is 16.0. The van der Waals surface area contributed by atoms with Crippen molar-refractivity contribution in [3.8, 4) is 17.2 Å². The van der Waals surface area contributed by atoms with Gasteiger partial charge in [-0.1, -0.05) is 77.3 Å². The Labute approximate surface area is 382 Å². The first-order valence-electron chi connectivity index (χ1n) is 19.6. The highest BCUT2D eigenvalue weighted by Gasteiger charge is 2.70. The Hall–Kier alpha value is -5.47. The molecule has 6 atom stereocenters. The van der Waals surface area contributed by atoms with Gasteiger partial charge in [-0.15, -0.1) is 0 Å². The summed E-state index contributed by atoms with van der Waals surface area (Å²) in [5.74, 6) is -6.22. The van der Waals surface area contributed by atoms with Crippen LogP contribution in [0.5, 0.6) is 17.2 Å². The number of carbonyl (C=O) groups is 5. The van der Waals surface area contributed by atoms with Gasteiger partial charge in [-0.25, -0.2) is 0 Å². The maximum absolute atomic E-state index is 15.7. The lowest BCUT2D eigenvalue weighted by Gasteiger charge is -2.51. The van der Waals surface area contributed by atoms with Gasteiger partial charge in [0, 0.05) is 26.5 Å². The number of fused-ring (bicyclic) bond motifs is 4. The van der Waals surface area contributed by atoms with Crippen LogP contribution >= 0.6 is 55.1 Å². The number of rotatable bonds is 9. The first-order chi connectivity index (χ1) is 29.8. The summed E-state index contributed by atoms with van der Waals surface area (Å²) in [6, 6.07) is 28.4. The van der Waals surface area contributed by atoms with Crippen LogP contribution in [0.25, 0.3) is 0 Å². The Kier molecular flexibility index (Phi) is 10.8. The fourth-order valence-corrected chi connectivity index (χ4v) is 11.3. The van der Waals surface area contributed by atoms with Crippen LogP contribution in [0.3, 0.4) is 0 Å². The number of benzene rings is 5. The average molecular weight is 1000 g/mol. The van der Waals surface area contributed by atoms with Gasteiger partial charge in [-0.2, -0.15) is 5.01 Å². The van der Waals surface area contributed by atoms with Gasteiger partial charge in [-0.05, 0) is 122 Å². The molecule has 15 heteroatoms. The van der Waals surface area contributed by atoms with E-state index in [0.29, 0.717) is 48.8 Å². The molecule has 3 fully saturated rings. The third kappa shape index (κ3) is 6.38. The Morgan fingerprint density at radius 3 is 2.16 bits per heavy atom. The van der Waals surface area contributed by atoms with Gasteiger partial charge in [-0.3, -0.25) is 34.3 Å². The molecule has 2 aliphatic carbocycles. The molecule has 0 radical (unpaired) electrons. The number of amides is 4. The number of hydrazine groups is 1. The van der Waals surface area contributed by atoms with Gasteiger partial charge in [0.1, 0.15) is 5.75 Å². The third-order valence-electron chi connectivity index (χ3n) is 12.7. The van der Waals surface area contributed by atoms with Crippen LogP contribution in [0.1, 0.15) is 45.8 Å². The van der Waals surface area contributed by atoms with Gasteiger partial charge in [0.15, 0.2) is 17.3 Å². The van der Waals surface area contributed by atoms with Crippen LogP contribution in [0.2, 0.25) is 10.0 Å². The highest BCUT2D eigenvalue weighted by atomic mass is 79.9. The summed E-state index contributed by atoms with van der Waals surface area (Å²) in [6.07, 6.45) is 2.12. The molecule has 1 saturated carbocycles. The molecule has 5 aromatic carbocycles. The fraction of sp³-hybridized carbons (Fsp3) is 0.213. The van der Waals surface area contributed by atoms with Crippen molar-refractivity contribution in [1.29, 1.82) is 0 Å². The predicted molar refractivity (Wildman–Crippen MR) is 239 cm³/mol. The van der Waals surface area contributed by atoms with Crippen molar-refractivity contribution in [2.24, 2.45) is 23.7 Å². The zero-order valence-corrected chi connectivity index (χ0v) is 37.6. The van der Waals surface area contributed by atoms with Crippen molar-refractivity contribution in [1.82, 2.24) is 5.01 Å². The van der Waals surface area contributed by atoms with Crippen molar-refractivity contribution in [3.63, 3.8) is 0 Å². The molecule has 0 bridgehead atoms. The summed E-state index contributed by atoms with van der Waals surface area (Å²) >= 11 is 20.1. The number of methoxy groups -OCH3 is 2. The highest BCUT2D eigenvalue weighted by Crippen LogP contribution is 2.66. The Bertz CT molecular complexity index is 2750. The van der Waals surface area contributed by atoms with E-state index in [-0.39, 0.29) is 45.3 Å². The van der Waals surface area contributed by atoms with Crippen molar-refractivity contribution < 1.29 is 38.6 Å². The fourth-order valence-electron chi connectivity index (χ4n) is 9.94. The summed E-state index contributed by atoms with van der Waals surface area (Å²) in [7, 11) is 2.93. The van der Waals surface area contributed by atoms with E-state index >= 15 is 9.59 Å². The van der Waals surface area contributed by atoms with Gasteiger partial charge < -0.3 is 14.6 Å². The van der Waals surface area contributed by atoms with E-state index < -0.39 is 58.6 Å². The zero-order valence-electron chi connectivity index (χ0n) is 32.9. The number of imide groups is 2. The molecule has 5 aromatic rings. The normalized spacial score (nSPS) is 24.0. The van der Waals surface area contributed by atoms with Crippen LogP contribution in [0.4, 0.5) is 11.4 Å². The number of carbonyl (C=O) groups excluding carboxylic acids is 5. The summed E-state index contributed by atoms with van der Waals surface area (Å²) < 4.78 is 11.8. The molecule has 11 nitrogen and oxygen atoms in total. The maximum atomic E-state index is 15.7. The largest absolute Gasteiger partial charge is 0.503 e. The number of ether oxygens (including phenoxy) is 2. The van der Waals surface area contributed by atoms with Crippen LogP contribution in [-0.4, -0.2) is 53.7 Å². The molecule has 9 rings (SSSR count). The number of anilines is 2. The molecule has 2 saturated heterocycles. The van der Waals surface area contributed by atoms with Crippen LogP contribution in [0, 0.1) is 23.7 Å². The summed E-state index contributed by atoms with van der Waals surface area (Å²) in [4.78, 5) is 74.6. The Morgan fingerprint density at radius 1 is 0.806 bits per heavy atom. The first-order valence-corrected chi connectivity index (χ1v) is 21.9. The number of halogens is 4. The number of nitrogens with zero attached hydrogens (tertiary/aromatic N) is 2. The number of phenols is 1. The van der Waals surface area contributed by atoms with E-state index in [1.807, 2.05) is 12.1 Å². The molecule has 0 unspecified atom stereocenters. The highest BCUT2D eigenvalue weighted by molar-refractivity contribution is 9.13. The number of hydrogen-bond donors (Lipinski definition) is 2. The standard InChI is InChI=1S/C47H35Br2Cl2N3O8/c1-61-28-15-10-25(11-16-28)47-33(44(58)54(46(47)60)52-35-19-12-26(50)20-34(35)51)21-31-29(38(47)32-22-36(62-2)42(56)40(49)39(32)48)17-18-30-37(31)45(59)53(43(30)57)27-13-8-24(9-14-27)41(55)23-6-4-3-5-7-23/h3-17,19-20,22,30-31,33,37-38,52,56H,18,21H2,1-2H3/t30-,31+,33-,37-,38+,47+/m0/s1. The monoisotopic (exact) mass is 997 g/mol. The zero-order chi connectivity index (χ0) is 43.8. The van der Waals surface area contributed by atoms with E-state index in [2.05, 4.69) is 37.3 Å². The minimum atomic E-state index is -1.67. The molecule has 2 aliphatic heterocycles. The van der Waals surface area contributed by atoms with E-state index in [1.54, 1.807) is 91.0 Å². The lowest BCUT2D eigenvalue weighted by molar-refractivity contribution is -0.138. The number of phenolic OH excluding ortho intramolecular Hbond substituents is 1. The molecule has 4 aliphatic rings. The van der Waals surface area contributed by atoms with Crippen molar-refractivity contribution in [3.05, 3.63) is 156 Å². The van der Waals surface area contributed by atoms with Crippen LogP contribution in [0.15, 0.2) is 124 Å². The number of hydrogen-bond acceptors (Lipinski definition) is 9. The van der Waals surface area contributed by atoms with E-state index in [0.717, 1.165) is 5.01 Å². The molecule has 62 heavy (non-hydrogen) atoms. The molecule has 4 amide bonds. The summed E-state index contributed by atoms with van der Waals surface area (Å²) in [5, 5.41) is 12.6. The average Bonchev–Trinajstić information content (AvgIpc) is 3.67. The van der Waals surface area contributed by atoms with Crippen LogP contribution < -0.4 is 19.8 Å². The van der Waals surface area contributed by atoms with E-state index in [4.69, 9.17) is 32.7 Å². The lowest BCUT2D eigenvalue weighted by atomic mass is 9.49. The van der Waals surface area contributed by atoms with Crippen LogP contribution in [-0.2, 0) is 24.6 Å². The quantitative estimate of drug-likeness (QED) is 0.0839. The lowest BCUT2D eigenvalue weighted by Crippen LogP contribution is -2.53. The molecule has 2 N–H and O–H groups in total. The van der Waals surface area contributed by atoms with Gasteiger partial charge >= 0.3 is 0 Å². The second-order valence-corrected chi connectivity index (χ2v) is 18.0. The summed E-state index contributed by atoms with van der Waals surface area (Å²) in [5.41, 5.74) is 4.47. The van der Waals surface area contributed by atoms with E-state index in [9.17, 15) is 19.5 Å². The van der Waals surface area contributed by atoms with Crippen molar-refractivity contribution in [2.75, 3.05) is 24.5 Å². The third-order valence-corrected chi connectivity index (χ3v) is 15.4. The maximum Gasteiger partial charge on any atom is 0.260 e. The van der Waals surface area contributed by atoms with E-state index in [1.165, 1.54) is 25.2 Å². The van der Waals surface area contributed by atoms with Gasteiger partial charge in [0.25, 0.3) is 11.8 Å². The Balaban J connectivity index is 1.20. The smallest absolute Gasteiger partial charge is 0.260 e. The topological polar surface area (TPSA) is 143 Å². The predicted octanol–water partition coefficient (Wildman–Crippen LogP) is 9.66. The number of allylic oxidation sites excluding steroid dienone is 2. The molecule has 2 heterocycles. The molecule has 314 valence electrons. The SMILES string of the molecule is COc1ccc([C@@]23C(=O)N(Nc4ccc(Cl)cc4Cl)C(=O)[C@@H]2C[C@@H]2C(=CC[C@@H]4C(=O)N(c5ccc(C(=O)c6ccccc6)cc5)C(=O)[C@@H]42)[C@@H]3c2cc(OC)c(O)c(Br)c2Br)cc1. The molecule has 0 aromatic heterocycles. The number of aromatic hydroxyl groups is 1.